The second kappa shape index (κ2) is 20.5. The minimum Gasteiger partial charge on any atom is -0.497 e. The van der Waals surface area contributed by atoms with Gasteiger partial charge in [0.05, 0.1) is 52.9 Å². The average Bonchev–Trinajstić information content (AvgIpc) is 3.95. The van der Waals surface area contributed by atoms with Crippen LogP contribution >= 0.6 is 8.53 Å². The van der Waals surface area contributed by atoms with E-state index in [1.165, 1.54) is 6.33 Å². The second-order valence-corrected chi connectivity index (χ2v) is 18.2. The summed E-state index contributed by atoms with van der Waals surface area (Å²) in [4.78, 5) is 38.0. The Hall–Kier alpha value is -5.28. The van der Waals surface area contributed by atoms with Crippen LogP contribution < -0.4 is 20.3 Å². The van der Waals surface area contributed by atoms with E-state index in [2.05, 4.69) is 58.7 Å². The van der Waals surface area contributed by atoms with Crippen molar-refractivity contribution in [2.24, 2.45) is 5.92 Å². The van der Waals surface area contributed by atoms with E-state index in [-0.39, 0.29) is 67.3 Å². The normalized spacial score (nSPS) is 21.1. The maximum atomic E-state index is 13.5. The van der Waals surface area contributed by atoms with Gasteiger partial charge in [-0.1, -0.05) is 68.4 Å². The van der Waals surface area contributed by atoms with E-state index < -0.39 is 49.8 Å². The molecule has 0 radical (unpaired) electrons. The van der Waals surface area contributed by atoms with Crippen LogP contribution in [0.3, 0.4) is 0 Å². The van der Waals surface area contributed by atoms with Gasteiger partial charge in [-0.2, -0.15) is 10.2 Å². The predicted octanol–water partition coefficient (Wildman–Crippen LogP) is 7.08. The number of carbonyl (C=O) groups excluding carboxylic acids is 1. The van der Waals surface area contributed by atoms with Crippen LogP contribution in [0, 0.1) is 17.2 Å². The monoisotopic (exact) mass is 911 g/mol. The Labute approximate surface area is 380 Å². The Balaban J connectivity index is 1.42. The molecule has 1 amide bonds. The van der Waals surface area contributed by atoms with Crippen LogP contribution in [0.2, 0.25) is 0 Å². The number of rotatable bonds is 21. The molecule has 0 saturated carbocycles. The standard InChI is InChI=1S/C47H58N7O10P/c1-29(2)42(55)51-45-50-41-38(43(56)52-45)49-28-53(41)44-39-40(64-65(61-25-13-24-48)54(30(3)4)31(5)6)46(63-44,37(62-39)26-57-7)27-60-47(32-14-11-10-12-15-32,33-16-20-35(58-8)21-17-33)34-18-22-36(59-9)23-19-34/h10-12,14-23,28-31,37,39-40,44H,13,25-27H2,1-9H3,(H2,50,51,52,55,56)/t37-,39-,40+,44-,46+,65?/m1/s1. The summed E-state index contributed by atoms with van der Waals surface area (Å²) in [5, 5.41) is 12.3. The van der Waals surface area contributed by atoms with Gasteiger partial charge in [-0.25, -0.2) is 9.65 Å². The number of nitriles is 1. The predicted molar refractivity (Wildman–Crippen MR) is 243 cm³/mol. The molecule has 4 heterocycles. The quantitative estimate of drug-likeness (QED) is 0.0431. The average molecular weight is 912 g/mol. The molecule has 2 aliphatic heterocycles. The molecule has 3 aromatic carbocycles. The van der Waals surface area contributed by atoms with Crippen molar-refractivity contribution in [3.63, 3.8) is 0 Å². The molecular formula is C47H58N7O10P. The van der Waals surface area contributed by atoms with Gasteiger partial charge in [0.25, 0.3) is 14.1 Å². The first-order valence-corrected chi connectivity index (χ1v) is 22.8. The van der Waals surface area contributed by atoms with Gasteiger partial charge in [-0.3, -0.25) is 24.5 Å². The number of amides is 1. The fourth-order valence-electron chi connectivity index (χ4n) is 8.51. The van der Waals surface area contributed by atoms with Crippen molar-refractivity contribution in [1.29, 1.82) is 5.26 Å². The van der Waals surface area contributed by atoms with Crippen molar-refractivity contribution in [3.8, 4) is 17.6 Å². The number of hydrogen-bond donors (Lipinski definition) is 2. The van der Waals surface area contributed by atoms with E-state index in [1.807, 2.05) is 78.9 Å². The van der Waals surface area contributed by atoms with Crippen LogP contribution in [0.1, 0.15) is 70.9 Å². The molecule has 2 bridgehead atoms. The summed E-state index contributed by atoms with van der Waals surface area (Å²) in [6.45, 7) is 11.8. The third-order valence-corrected chi connectivity index (χ3v) is 13.7. The molecule has 2 saturated heterocycles. The molecule has 7 rings (SSSR count). The molecule has 2 fully saturated rings. The lowest BCUT2D eigenvalue weighted by Gasteiger charge is -2.43. The van der Waals surface area contributed by atoms with Gasteiger partial charge in [0, 0.05) is 25.1 Å². The van der Waals surface area contributed by atoms with E-state index in [4.69, 9.17) is 37.5 Å². The molecule has 1 unspecified atom stereocenters. The second-order valence-electron chi connectivity index (χ2n) is 16.8. The van der Waals surface area contributed by atoms with Crippen molar-refractivity contribution in [1.82, 2.24) is 24.2 Å². The van der Waals surface area contributed by atoms with Crippen molar-refractivity contribution in [3.05, 3.63) is 112 Å². The Morgan fingerprint density at radius 1 is 0.954 bits per heavy atom. The number of anilines is 1. The first-order chi connectivity index (χ1) is 31.3. The summed E-state index contributed by atoms with van der Waals surface area (Å²) in [5.74, 6) is 0.594. The summed E-state index contributed by atoms with van der Waals surface area (Å²) in [7, 11) is 2.96. The first kappa shape index (κ1) is 47.7. The van der Waals surface area contributed by atoms with Crippen LogP contribution in [0.15, 0.2) is 90.0 Å². The summed E-state index contributed by atoms with van der Waals surface area (Å²) in [6.07, 6.45) is -1.90. The van der Waals surface area contributed by atoms with Gasteiger partial charge in [0.1, 0.15) is 35.4 Å². The molecule has 346 valence electrons. The maximum absolute atomic E-state index is 13.5. The van der Waals surface area contributed by atoms with E-state index in [1.54, 1.807) is 39.7 Å². The number of methoxy groups -OCH3 is 3. The molecule has 65 heavy (non-hydrogen) atoms. The Bertz CT molecular complexity index is 2420. The van der Waals surface area contributed by atoms with Crippen molar-refractivity contribution in [2.75, 3.05) is 46.5 Å². The third kappa shape index (κ3) is 9.41. The lowest BCUT2D eigenvalue weighted by atomic mass is 9.79. The van der Waals surface area contributed by atoms with Crippen LogP contribution in [-0.2, 0) is 38.4 Å². The number of aromatic amines is 1. The summed E-state index contributed by atoms with van der Waals surface area (Å²) in [5.41, 5.74) is -0.654. The molecule has 2 aromatic heterocycles. The van der Waals surface area contributed by atoms with Gasteiger partial charge in [-0.15, -0.1) is 0 Å². The van der Waals surface area contributed by atoms with Gasteiger partial charge in [-0.05, 0) is 68.7 Å². The molecule has 0 spiro atoms. The fourth-order valence-corrected chi connectivity index (χ4v) is 10.3. The van der Waals surface area contributed by atoms with Crippen LogP contribution in [-0.4, -0.2) is 107 Å². The number of carbonyl (C=O) groups is 1. The number of fused-ring (bicyclic) bond motifs is 3. The van der Waals surface area contributed by atoms with Gasteiger partial charge < -0.3 is 37.5 Å². The molecule has 18 heteroatoms. The SMILES string of the molecule is COC[C@H]1O[C@H]2[C@H](n3cnc4c(=O)[nH]c(NC(=O)C(C)C)nc43)O[C@]1(COC(c1ccccc1)(c1ccc(OC)cc1)c1ccc(OC)cc1)[C@H]2OP(OCCC#N)N(C(C)C)C(C)C. The highest BCUT2D eigenvalue weighted by Crippen LogP contribution is 2.58. The minimum atomic E-state index is -1.86. The number of aromatic nitrogens is 4. The van der Waals surface area contributed by atoms with Crippen LogP contribution in [0.4, 0.5) is 5.95 Å². The fraction of sp³-hybridized carbons (Fsp3) is 0.468. The van der Waals surface area contributed by atoms with E-state index in [0.717, 1.165) is 16.7 Å². The van der Waals surface area contributed by atoms with Crippen LogP contribution in [0.25, 0.3) is 11.2 Å². The number of H-pyrrole nitrogens is 1. The molecule has 6 atom stereocenters. The molecule has 2 aliphatic rings. The van der Waals surface area contributed by atoms with Gasteiger partial charge in [0.15, 0.2) is 23.0 Å². The van der Waals surface area contributed by atoms with Crippen molar-refractivity contribution >= 4 is 31.5 Å². The zero-order chi connectivity index (χ0) is 46.5. The largest absolute Gasteiger partial charge is 0.497 e. The van der Waals surface area contributed by atoms with Crippen molar-refractivity contribution < 1.29 is 42.3 Å². The Morgan fingerprint density at radius 3 is 2.12 bits per heavy atom. The lowest BCUT2D eigenvalue weighted by molar-refractivity contribution is -0.242. The van der Waals surface area contributed by atoms with Crippen LogP contribution in [0.5, 0.6) is 11.5 Å². The molecule has 0 aliphatic carbocycles. The van der Waals surface area contributed by atoms with E-state index >= 15 is 0 Å². The first-order valence-electron chi connectivity index (χ1n) is 21.6. The molecule has 17 nitrogen and oxygen atoms in total. The molecular weight excluding hydrogens is 854 g/mol. The summed E-state index contributed by atoms with van der Waals surface area (Å²) in [6, 6.07) is 27.5. The lowest BCUT2D eigenvalue weighted by Crippen LogP contribution is -2.55. The highest BCUT2D eigenvalue weighted by molar-refractivity contribution is 7.44. The number of imidazole rings is 1. The maximum Gasteiger partial charge on any atom is 0.280 e. The zero-order valence-electron chi connectivity index (χ0n) is 38.2. The van der Waals surface area contributed by atoms with Gasteiger partial charge in [0.2, 0.25) is 11.9 Å². The van der Waals surface area contributed by atoms with Gasteiger partial charge >= 0.3 is 0 Å². The molecule has 2 N–H and O–H groups in total. The zero-order valence-corrected chi connectivity index (χ0v) is 39.1. The smallest absolute Gasteiger partial charge is 0.280 e. The number of nitrogens with one attached hydrogen (secondary N) is 2. The van der Waals surface area contributed by atoms with E-state index in [9.17, 15) is 14.9 Å². The molecule has 5 aromatic rings. The summed E-state index contributed by atoms with van der Waals surface area (Å²) >= 11 is 0. The Kier molecular flexibility index (Phi) is 15.0. The topological polar surface area (TPSA) is 194 Å². The number of nitrogens with zero attached hydrogens (tertiary/aromatic N) is 5. The number of benzene rings is 3. The Morgan fingerprint density at radius 2 is 1.57 bits per heavy atom. The number of ether oxygens (including phenoxy) is 6. The minimum absolute atomic E-state index is 0.0225. The van der Waals surface area contributed by atoms with Crippen molar-refractivity contribution in [2.45, 2.75) is 95.8 Å². The third-order valence-electron chi connectivity index (χ3n) is 11.6. The number of hydrogen-bond acceptors (Lipinski definition) is 14. The highest BCUT2D eigenvalue weighted by atomic mass is 31.2. The van der Waals surface area contributed by atoms with E-state index in [0.29, 0.717) is 11.5 Å². The summed E-state index contributed by atoms with van der Waals surface area (Å²) < 4.78 is 56.5. The highest BCUT2D eigenvalue weighted by Gasteiger charge is 2.70.